The number of hydrogen-bond acceptors (Lipinski definition) is 5. The third-order valence-corrected chi connectivity index (χ3v) is 4.18. The number of nitrogens with one attached hydrogen (secondary N) is 1. The van der Waals surface area contributed by atoms with Gasteiger partial charge in [-0.25, -0.2) is 4.79 Å². The van der Waals surface area contributed by atoms with Gasteiger partial charge in [0.2, 0.25) is 0 Å². The van der Waals surface area contributed by atoms with Gasteiger partial charge in [0.15, 0.2) is 5.82 Å². The Labute approximate surface area is 124 Å². The molecule has 0 amide bonds. The van der Waals surface area contributed by atoms with Crippen molar-refractivity contribution in [2.75, 3.05) is 5.32 Å². The Morgan fingerprint density at radius 2 is 2.00 bits per heavy atom. The van der Waals surface area contributed by atoms with Crippen LogP contribution in [0.4, 0.5) is 5.82 Å². The third-order valence-electron chi connectivity index (χ3n) is 4.18. The maximum atomic E-state index is 11.6. The second-order valence-electron chi connectivity index (χ2n) is 5.39. The Kier molecular flexibility index (Phi) is 4.41. The lowest BCUT2D eigenvalue weighted by Gasteiger charge is -2.26. The molecule has 1 aliphatic rings. The number of aromatic nitrogens is 2. The van der Waals surface area contributed by atoms with Gasteiger partial charge in [0.1, 0.15) is 17.2 Å². The molecule has 1 fully saturated rings. The molecule has 1 aliphatic carbocycles. The van der Waals surface area contributed by atoms with E-state index in [1.807, 2.05) is 13.8 Å². The molecular weight excluding hydrogens is 268 g/mol. The predicted molar refractivity (Wildman–Crippen MR) is 78.0 cm³/mol. The van der Waals surface area contributed by atoms with E-state index in [1.165, 1.54) is 0 Å². The van der Waals surface area contributed by atoms with Crippen molar-refractivity contribution in [2.45, 2.75) is 57.9 Å². The van der Waals surface area contributed by atoms with E-state index in [0.717, 1.165) is 24.1 Å². The van der Waals surface area contributed by atoms with Crippen LogP contribution in [0.5, 0.6) is 0 Å². The molecule has 2 rings (SSSR count). The van der Waals surface area contributed by atoms with E-state index in [0.29, 0.717) is 37.1 Å². The lowest BCUT2D eigenvalue weighted by Crippen LogP contribution is -2.44. The molecule has 0 radical (unpaired) electrons. The normalized spacial score (nSPS) is 16.4. The molecule has 2 N–H and O–H groups in total. The monoisotopic (exact) mass is 288 g/mol. The van der Waals surface area contributed by atoms with Crippen molar-refractivity contribution in [1.29, 1.82) is 5.26 Å². The number of rotatable bonds is 5. The first-order chi connectivity index (χ1) is 10.1. The molecule has 21 heavy (non-hydrogen) atoms. The summed E-state index contributed by atoms with van der Waals surface area (Å²) >= 11 is 0. The minimum Gasteiger partial charge on any atom is -0.480 e. The van der Waals surface area contributed by atoms with Gasteiger partial charge in [-0.1, -0.05) is 26.7 Å². The summed E-state index contributed by atoms with van der Waals surface area (Å²) in [6.45, 7) is 3.93. The maximum Gasteiger partial charge on any atom is 0.329 e. The van der Waals surface area contributed by atoms with Gasteiger partial charge in [0, 0.05) is 0 Å². The van der Waals surface area contributed by atoms with Gasteiger partial charge in [-0.2, -0.15) is 10.4 Å². The number of nitrogens with zero attached hydrogens (tertiary/aromatic N) is 3. The molecule has 0 saturated heterocycles. The molecular formula is C15H20N4O2. The zero-order chi connectivity index (χ0) is 15.5. The molecule has 1 aromatic heterocycles. The summed E-state index contributed by atoms with van der Waals surface area (Å²) in [6, 6.07) is 2.16. The van der Waals surface area contributed by atoms with Gasteiger partial charge in [0.25, 0.3) is 0 Å². The molecule has 6 nitrogen and oxygen atoms in total. The van der Waals surface area contributed by atoms with Crippen LogP contribution >= 0.6 is 0 Å². The summed E-state index contributed by atoms with van der Waals surface area (Å²) in [5.41, 5.74) is 1.07. The number of anilines is 1. The molecule has 0 aliphatic heterocycles. The van der Waals surface area contributed by atoms with E-state index in [4.69, 9.17) is 0 Å². The van der Waals surface area contributed by atoms with Crippen LogP contribution in [-0.2, 0) is 17.6 Å². The first-order valence-electron chi connectivity index (χ1n) is 7.38. The van der Waals surface area contributed by atoms with Crippen molar-refractivity contribution in [3.63, 3.8) is 0 Å². The predicted octanol–water partition coefficient (Wildman–Crippen LogP) is 2.28. The average molecular weight is 288 g/mol. The Bertz CT molecular complexity index is 586. The largest absolute Gasteiger partial charge is 0.480 e. The van der Waals surface area contributed by atoms with Crippen LogP contribution < -0.4 is 5.32 Å². The Balaban J connectivity index is 2.45. The smallest absolute Gasteiger partial charge is 0.329 e. The van der Waals surface area contributed by atoms with Gasteiger partial charge < -0.3 is 10.4 Å². The Morgan fingerprint density at radius 3 is 2.48 bits per heavy atom. The fourth-order valence-electron chi connectivity index (χ4n) is 2.98. The topological polar surface area (TPSA) is 98.9 Å². The summed E-state index contributed by atoms with van der Waals surface area (Å²) in [5, 5.41) is 30.2. The average Bonchev–Trinajstić information content (AvgIpc) is 2.96. The highest BCUT2D eigenvalue weighted by molar-refractivity contribution is 5.83. The maximum absolute atomic E-state index is 11.6. The highest BCUT2D eigenvalue weighted by Crippen LogP contribution is 2.34. The van der Waals surface area contributed by atoms with Crippen LogP contribution in [0.1, 0.15) is 56.4 Å². The van der Waals surface area contributed by atoms with Gasteiger partial charge in [-0.3, -0.25) is 0 Å². The van der Waals surface area contributed by atoms with Crippen molar-refractivity contribution in [3.8, 4) is 6.07 Å². The second kappa shape index (κ2) is 6.08. The molecule has 0 spiro atoms. The molecule has 0 aromatic carbocycles. The molecule has 1 saturated carbocycles. The van der Waals surface area contributed by atoms with Crippen LogP contribution in [-0.4, -0.2) is 26.8 Å². The molecule has 6 heteroatoms. The van der Waals surface area contributed by atoms with Crippen molar-refractivity contribution in [3.05, 3.63) is 16.8 Å². The fourth-order valence-corrected chi connectivity index (χ4v) is 2.98. The van der Waals surface area contributed by atoms with E-state index in [2.05, 4.69) is 21.6 Å². The fraction of sp³-hybridized carbons (Fsp3) is 0.600. The van der Waals surface area contributed by atoms with Crippen molar-refractivity contribution in [2.24, 2.45) is 0 Å². The van der Waals surface area contributed by atoms with Gasteiger partial charge in [-0.05, 0) is 31.2 Å². The van der Waals surface area contributed by atoms with Crippen molar-refractivity contribution >= 4 is 11.8 Å². The second-order valence-corrected chi connectivity index (χ2v) is 5.39. The number of hydrogen-bond donors (Lipinski definition) is 2. The molecule has 0 atom stereocenters. The van der Waals surface area contributed by atoms with Crippen molar-refractivity contribution < 1.29 is 9.90 Å². The Morgan fingerprint density at radius 1 is 1.33 bits per heavy atom. The van der Waals surface area contributed by atoms with E-state index in [-0.39, 0.29) is 0 Å². The summed E-state index contributed by atoms with van der Waals surface area (Å²) in [6.07, 6.45) is 4.20. The zero-order valence-electron chi connectivity index (χ0n) is 12.4. The first-order valence-corrected chi connectivity index (χ1v) is 7.38. The lowest BCUT2D eigenvalue weighted by molar-refractivity contribution is -0.142. The molecule has 1 heterocycles. The number of nitriles is 1. The van der Waals surface area contributed by atoms with E-state index in [1.54, 1.807) is 0 Å². The van der Waals surface area contributed by atoms with E-state index >= 15 is 0 Å². The van der Waals surface area contributed by atoms with Crippen LogP contribution in [0.3, 0.4) is 0 Å². The van der Waals surface area contributed by atoms with Crippen LogP contribution in [0.15, 0.2) is 0 Å². The molecule has 1 aromatic rings. The van der Waals surface area contributed by atoms with E-state index < -0.39 is 11.5 Å². The number of carboxylic acids is 1. The molecule has 0 bridgehead atoms. The standard InChI is InChI=1S/C15H20N4O2/c1-3-10-11(9-16)13(19-18-12(10)4-2)17-15(14(20)21)7-5-6-8-15/h3-8H2,1-2H3,(H,17,19)(H,20,21). The third kappa shape index (κ3) is 2.68. The Hall–Kier alpha value is -2.16. The van der Waals surface area contributed by atoms with Crippen LogP contribution in [0, 0.1) is 11.3 Å². The van der Waals surface area contributed by atoms with Crippen molar-refractivity contribution in [1.82, 2.24) is 10.2 Å². The quantitative estimate of drug-likeness (QED) is 0.862. The lowest BCUT2D eigenvalue weighted by atomic mass is 9.96. The number of aliphatic carboxylic acids is 1. The molecule has 0 unspecified atom stereocenters. The minimum atomic E-state index is -1.01. The number of carbonyl (C=O) groups is 1. The number of carboxylic acid groups (broad SMARTS) is 1. The summed E-state index contributed by atoms with van der Waals surface area (Å²) in [7, 11) is 0. The van der Waals surface area contributed by atoms with Gasteiger partial charge in [0.05, 0.1) is 5.69 Å². The molecule has 112 valence electrons. The highest BCUT2D eigenvalue weighted by atomic mass is 16.4. The van der Waals surface area contributed by atoms with Gasteiger partial charge in [-0.15, -0.1) is 5.10 Å². The van der Waals surface area contributed by atoms with Crippen LogP contribution in [0.25, 0.3) is 0 Å². The minimum absolute atomic E-state index is 0.302. The van der Waals surface area contributed by atoms with Gasteiger partial charge >= 0.3 is 5.97 Å². The summed E-state index contributed by atoms with van der Waals surface area (Å²) in [5.74, 6) is -0.584. The SMILES string of the molecule is CCc1nnc(NC2(C(=O)O)CCCC2)c(C#N)c1CC. The number of aryl methyl sites for hydroxylation is 1. The van der Waals surface area contributed by atoms with Crippen LogP contribution in [0.2, 0.25) is 0 Å². The summed E-state index contributed by atoms with van der Waals surface area (Å²) in [4.78, 5) is 11.6. The zero-order valence-corrected chi connectivity index (χ0v) is 12.4. The van der Waals surface area contributed by atoms with E-state index in [9.17, 15) is 15.2 Å². The first kappa shape index (κ1) is 15.2. The summed E-state index contributed by atoms with van der Waals surface area (Å²) < 4.78 is 0. The highest BCUT2D eigenvalue weighted by Gasteiger charge is 2.42.